The molecule has 1 fully saturated rings. The van der Waals surface area contributed by atoms with Crippen LogP contribution in [0.5, 0.6) is 0 Å². The lowest BCUT2D eigenvalue weighted by atomic mass is 10.2. The second-order valence-electron chi connectivity index (χ2n) is 7.00. The minimum atomic E-state index is -0.0281. The Bertz CT molecular complexity index is 1120. The first-order valence-electron chi connectivity index (χ1n) is 9.24. The van der Waals surface area contributed by atoms with E-state index in [0.29, 0.717) is 11.4 Å². The summed E-state index contributed by atoms with van der Waals surface area (Å²) in [5.74, 6) is 0.799. The number of rotatable bonds is 4. The van der Waals surface area contributed by atoms with Crippen LogP contribution in [0.25, 0.3) is 20.7 Å². The highest BCUT2D eigenvalue weighted by molar-refractivity contribution is 7.21. The van der Waals surface area contributed by atoms with Gasteiger partial charge in [0, 0.05) is 17.7 Å². The van der Waals surface area contributed by atoms with Gasteiger partial charge in [-0.25, -0.2) is 4.98 Å². The van der Waals surface area contributed by atoms with E-state index < -0.39 is 0 Å². The smallest absolute Gasteiger partial charge is 0.259 e. The first-order valence-corrected chi connectivity index (χ1v) is 10.9. The highest BCUT2D eigenvalue weighted by Gasteiger charge is 2.31. The maximum Gasteiger partial charge on any atom is 0.259 e. The molecule has 27 heavy (non-hydrogen) atoms. The molecule has 5 rings (SSSR count). The number of thiophene rings is 2. The van der Waals surface area contributed by atoms with E-state index in [2.05, 4.69) is 34.6 Å². The first kappa shape index (κ1) is 16.9. The molecule has 1 aliphatic heterocycles. The van der Waals surface area contributed by atoms with Crippen molar-refractivity contribution in [3.05, 3.63) is 75.0 Å². The average molecular weight is 395 g/mol. The summed E-state index contributed by atoms with van der Waals surface area (Å²) >= 11 is 3.43. The van der Waals surface area contributed by atoms with E-state index in [9.17, 15) is 4.79 Å². The van der Waals surface area contributed by atoms with E-state index in [0.717, 1.165) is 34.2 Å². The van der Waals surface area contributed by atoms with Crippen LogP contribution in [0.4, 0.5) is 0 Å². The molecule has 3 aromatic heterocycles. The van der Waals surface area contributed by atoms with Gasteiger partial charge in [-0.1, -0.05) is 36.4 Å². The number of nitrogens with zero attached hydrogens (tertiary/aromatic N) is 1. The number of quaternary nitrogens is 1. The van der Waals surface area contributed by atoms with Crippen LogP contribution in [-0.2, 0) is 6.54 Å². The Morgan fingerprint density at radius 2 is 2.07 bits per heavy atom. The second kappa shape index (κ2) is 7.03. The minimum Gasteiger partial charge on any atom is -0.322 e. The highest BCUT2D eigenvalue weighted by Crippen LogP contribution is 2.30. The average Bonchev–Trinajstić information content (AvgIpc) is 3.42. The van der Waals surface area contributed by atoms with Gasteiger partial charge >= 0.3 is 0 Å². The molecule has 6 heteroatoms. The standard InChI is InChI=1S/C21H19N3OS2/c25-20-15-12-18(14-6-2-1-3-7-14)27-21(15)23-19(22-20)13-24-10-4-8-16(24)17-9-5-11-26-17/h1-3,5-7,9,11-12,16H,4,8,10,13H2,(H,22,23,25)/p+1/t16-/m1/s1. The van der Waals surface area contributed by atoms with Crippen molar-refractivity contribution in [2.75, 3.05) is 6.54 Å². The van der Waals surface area contributed by atoms with E-state index in [1.165, 1.54) is 22.6 Å². The van der Waals surface area contributed by atoms with Crippen LogP contribution in [0.2, 0.25) is 0 Å². The number of benzene rings is 1. The van der Waals surface area contributed by atoms with E-state index in [1.807, 2.05) is 35.6 Å². The largest absolute Gasteiger partial charge is 0.322 e. The highest BCUT2D eigenvalue weighted by atomic mass is 32.1. The van der Waals surface area contributed by atoms with Crippen molar-refractivity contribution in [3.8, 4) is 10.4 Å². The van der Waals surface area contributed by atoms with Crippen LogP contribution >= 0.6 is 22.7 Å². The summed E-state index contributed by atoms with van der Waals surface area (Å²) in [6.07, 6.45) is 2.43. The van der Waals surface area contributed by atoms with Gasteiger partial charge in [0.1, 0.15) is 17.4 Å². The third-order valence-corrected chi connectivity index (χ3v) is 7.34. The Hall–Kier alpha value is -2.28. The number of H-pyrrole nitrogens is 1. The molecular weight excluding hydrogens is 374 g/mol. The van der Waals surface area contributed by atoms with Crippen LogP contribution in [0.3, 0.4) is 0 Å². The molecule has 2 N–H and O–H groups in total. The summed E-state index contributed by atoms with van der Waals surface area (Å²) in [6.45, 7) is 1.90. The Morgan fingerprint density at radius 3 is 2.89 bits per heavy atom. The second-order valence-corrected chi connectivity index (χ2v) is 9.01. The molecule has 1 aliphatic rings. The van der Waals surface area contributed by atoms with Crippen LogP contribution < -0.4 is 10.5 Å². The zero-order chi connectivity index (χ0) is 18.2. The quantitative estimate of drug-likeness (QED) is 0.555. The number of likely N-dealkylation sites (tertiary alicyclic amines) is 1. The third kappa shape index (κ3) is 3.25. The van der Waals surface area contributed by atoms with Gasteiger partial charge in [-0.2, -0.15) is 0 Å². The van der Waals surface area contributed by atoms with E-state index in [1.54, 1.807) is 11.3 Å². The van der Waals surface area contributed by atoms with E-state index >= 15 is 0 Å². The molecule has 0 radical (unpaired) electrons. The lowest BCUT2D eigenvalue weighted by Crippen LogP contribution is -3.09. The fourth-order valence-corrected chi connectivity index (χ4v) is 5.95. The SMILES string of the molecule is O=c1[nH]c(C[NH+]2CCC[C@@H]2c2cccs2)nc2sc(-c3ccccc3)cc12. The Labute approximate surface area is 165 Å². The Morgan fingerprint density at radius 1 is 1.19 bits per heavy atom. The zero-order valence-electron chi connectivity index (χ0n) is 14.8. The molecule has 0 bridgehead atoms. The van der Waals surface area contributed by atoms with Gasteiger partial charge in [-0.05, 0) is 23.1 Å². The normalized spacial score (nSPS) is 19.7. The number of hydrogen-bond acceptors (Lipinski definition) is 4. The van der Waals surface area contributed by atoms with Crippen molar-refractivity contribution in [1.82, 2.24) is 9.97 Å². The number of aromatic amines is 1. The van der Waals surface area contributed by atoms with Gasteiger partial charge < -0.3 is 9.88 Å². The minimum absolute atomic E-state index is 0.0281. The third-order valence-electron chi connectivity index (χ3n) is 5.27. The van der Waals surface area contributed by atoms with Gasteiger partial charge in [0.25, 0.3) is 5.56 Å². The maximum absolute atomic E-state index is 12.6. The topological polar surface area (TPSA) is 50.2 Å². The molecule has 2 atom stereocenters. The fraction of sp³-hybridized carbons (Fsp3) is 0.238. The zero-order valence-corrected chi connectivity index (χ0v) is 16.4. The van der Waals surface area contributed by atoms with E-state index in [4.69, 9.17) is 4.98 Å². The first-order chi connectivity index (χ1) is 13.3. The van der Waals surface area contributed by atoms with Crippen molar-refractivity contribution < 1.29 is 4.90 Å². The van der Waals surface area contributed by atoms with E-state index in [-0.39, 0.29) is 5.56 Å². The van der Waals surface area contributed by atoms with Crippen molar-refractivity contribution >= 4 is 32.9 Å². The van der Waals surface area contributed by atoms with Crippen LogP contribution in [0, 0.1) is 0 Å². The van der Waals surface area contributed by atoms with Gasteiger partial charge in [-0.15, -0.1) is 22.7 Å². The predicted octanol–water partition coefficient (Wildman–Crippen LogP) is 3.63. The number of nitrogens with one attached hydrogen (secondary N) is 2. The monoisotopic (exact) mass is 394 g/mol. The van der Waals surface area contributed by atoms with Crippen LogP contribution in [-0.4, -0.2) is 16.5 Å². The summed E-state index contributed by atoms with van der Waals surface area (Å²) in [6, 6.07) is 17.0. The maximum atomic E-state index is 12.6. The lowest BCUT2D eigenvalue weighted by Gasteiger charge is -2.19. The van der Waals surface area contributed by atoms with Gasteiger partial charge in [-0.3, -0.25) is 4.79 Å². The van der Waals surface area contributed by atoms with Gasteiger partial charge in [0.15, 0.2) is 5.82 Å². The summed E-state index contributed by atoms with van der Waals surface area (Å²) < 4.78 is 0. The molecule has 0 aliphatic carbocycles. The summed E-state index contributed by atoms with van der Waals surface area (Å²) in [5, 5.41) is 2.84. The van der Waals surface area contributed by atoms with Crippen molar-refractivity contribution in [3.63, 3.8) is 0 Å². The Kier molecular flexibility index (Phi) is 4.39. The van der Waals surface area contributed by atoms with Crippen molar-refractivity contribution in [2.45, 2.75) is 25.4 Å². The molecule has 0 spiro atoms. The van der Waals surface area contributed by atoms with Crippen LogP contribution in [0.1, 0.15) is 29.6 Å². The van der Waals surface area contributed by atoms with Crippen molar-refractivity contribution in [1.29, 1.82) is 0 Å². The molecule has 136 valence electrons. The van der Waals surface area contributed by atoms with Gasteiger partial charge in [0.05, 0.1) is 16.8 Å². The van der Waals surface area contributed by atoms with Crippen molar-refractivity contribution in [2.24, 2.45) is 0 Å². The molecule has 4 heterocycles. The molecule has 1 saturated heterocycles. The lowest BCUT2D eigenvalue weighted by molar-refractivity contribution is -0.932. The number of fused-ring (bicyclic) bond motifs is 1. The molecule has 4 aromatic rings. The molecule has 0 amide bonds. The van der Waals surface area contributed by atoms with Crippen LogP contribution in [0.15, 0.2) is 58.7 Å². The summed E-state index contributed by atoms with van der Waals surface area (Å²) in [7, 11) is 0. The summed E-state index contributed by atoms with van der Waals surface area (Å²) in [4.78, 5) is 25.3. The fourth-order valence-electron chi connectivity index (χ4n) is 3.98. The molecule has 1 unspecified atom stereocenters. The van der Waals surface area contributed by atoms with Gasteiger partial charge in [0.2, 0.25) is 0 Å². The molecule has 4 nitrogen and oxygen atoms in total. The molecule has 0 saturated carbocycles. The predicted molar refractivity (Wildman–Crippen MR) is 112 cm³/mol. The molecule has 1 aromatic carbocycles. The molecular formula is C21H20N3OS2+. The number of hydrogen-bond donors (Lipinski definition) is 2. The number of aromatic nitrogens is 2. The summed E-state index contributed by atoms with van der Waals surface area (Å²) in [5.41, 5.74) is 1.10. The Balaban J connectivity index is 1.47.